The zero-order valence-corrected chi connectivity index (χ0v) is 14.3. The first-order valence-corrected chi connectivity index (χ1v) is 9.67. The maximum Gasteiger partial charge on any atom is 0.263 e. The summed E-state index contributed by atoms with van der Waals surface area (Å²) in [7, 11) is 0. The van der Waals surface area contributed by atoms with Crippen molar-refractivity contribution in [3.8, 4) is 10.4 Å². The van der Waals surface area contributed by atoms with E-state index in [2.05, 4.69) is 37.3 Å². The monoisotopic (exact) mass is 329 g/mol. The predicted molar refractivity (Wildman–Crippen MR) is 93.6 cm³/mol. The van der Waals surface area contributed by atoms with Crippen LogP contribution < -0.4 is 0 Å². The molecule has 0 aliphatic carbocycles. The first kappa shape index (κ1) is 14.3. The maximum absolute atomic E-state index is 12.8. The van der Waals surface area contributed by atoms with E-state index in [1.807, 2.05) is 16.7 Å². The van der Waals surface area contributed by atoms with Gasteiger partial charge in [-0.05, 0) is 36.5 Å². The van der Waals surface area contributed by atoms with Gasteiger partial charge in [0.15, 0.2) is 0 Å². The summed E-state index contributed by atoms with van der Waals surface area (Å²) in [5.41, 5.74) is 2.62. The highest BCUT2D eigenvalue weighted by Crippen LogP contribution is 2.45. The van der Waals surface area contributed by atoms with Gasteiger partial charge in [-0.25, -0.2) is 0 Å². The zero-order chi connectivity index (χ0) is 15.1. The van der Waals surface area contributed by atoms with Crippen LogP contribution >= 0.6 is 23.1 Å². The summed E-state index contributed by atoms with van der Waals surface area (Å²) in [4.78, 5) is 18.3. The van der Waals surface area contributed by atoms with Crippen LogP contribution in [0, 0.1) is 5.92 Å². The van der Waals surface area contributed by atoms with Crippen molar-refractivity contribution in [3.05, 3.63) is 40.8 Å². The van der Waals surface area contributed by atoms with Gasteiger partial charge in [-0.15, -0.1) is 23.1 Å². The Kier molecular flexibility index (Phi) is 3.74. The van der Waals surface area contributed by atoms with E-state index >= 15 is 0 Å². The Bertz CT molecular complexity index is 714. The van der Waals surface area contributed by atoms with E-state index in [-0.39, 0.29) is 5.91 Å². The Balaban J connectivity index is 1.63. The van der Waals surface area contributed by atoms with Crippen molar-refractivity contribution in [1.29, 1.82) is 0 Å². The molecule has 4 heteroatoms. The van der Waals surface area contributed by atoms with Crippen molar-refractivity contribution in [2.75, 3.05) is 13.1 Å². The fraction of sp³-hybridized carbons (Fsp3) is 0.389. The number of hydrogen-bond donors (Lipinski definition) is 0. The number of amides is 1. The van der Waals surface area contributed by atoms with Gasteiger partial charge >= 0.3 is 0 Å². The van der Waals surface area contributed by atoms with Crippen molar-refractivity contribution in [1.82, 2.24) is 4.90 Å². The Morgan fingerprint density at radius 3 is 2.82 bits per heavy atom. The Morgan fingerprint density at radius 2 is 2.00 bits per heavy atom. The molecule has 22 heavy (non-hydrogen) atoms. The molecule has 0 atom stereocenters. The molecule has 2 nitrogen and oxygen atoms in total. The van der Waals surface area contributed by atoms with Crippen molar-refractivity contribution in [2.45, 2.75) is 30.4 Å². The minimum Gasteiger partial charge on any atom is -0.338 e. The molecule has 1 saturated heterocycles. The average molecular weight is 329 g/mol. The van der Waals surface area contributed by atoms with Gasteiger partial charge < -0.3 is 4.90 Å². The number of thiophene rings is 1. The summed E-state index contributed by atoms with van der Waals surface area (Å²) in [6.07, 6.45) is 2.27. The molecule has 3 heterocycles. The Hall–Kier alpha value is -1.26. The van der Waals surface area contributed by atoms with Crippen LogP contribution in [0.1, 0.15) is 35.0 Å². The van der Waals surface area contributed by atoms with E-state index in [1.165, 1.54) is 20.9 Å². The lowest BCUT2D eigenvalue weighted by molar-refractivity contribution is 0.0702. The van der Waals surface area contributed by atoms with E-state index in [4.69, 9.17) is 0 Å². The first-order valence-electron chi connectivity index (χ1n) is 7.86. The minimum atomic E-state index is 0.230. The van der Waals surface area contributed by atoms with Crippen molar-refractivity contribution in [3.63, 3.8) is 0 Å². The molecule has 0 radical (unpaired) electrons. The number of carbonyl (C=O) groups excluding carboxylic acids is 1. The van der Waals surface area contributed by atoms with Crippen LogP contribution in [0.5, 0.6) is 0 Å². The second kappa shape index (κ2) is 5.74. The number of hydrogen-bond acceptors (Lipinski definition) is 3. The lowest BCUT2D eigenvalue weighted by Gasteiger charge is -2.29. The summed E-state index contributed by atoms with van der Waals surface area (Å²) < 4.78 is 0. The van der Waals surface area contributed by atoms with Crippen LogP contribution in [0.2, 0.25) is 0 Å². The van der Waals surface area contributed by atoms with E-state index in [9.17, 15) is 4.79 Å². The number of rotatable bonds is 1. The fourth-order valence-electron chi connectivity index (χ4n) is 3.17. The van der Waals surface area contributed by atoms with Gasteiger partial charge in [0, 0.05) is 34.2 Å². The molecular weight excluding hydrogens is 310 g/mol. The van der Waals surface area contributed by atoms with Gasteiger partial charge in [-0.2, -0.15) is 0 Å². The van der Waals surface area contributed by atoms with E-state index in [1.54, 1.807) is 11.3 Å². The molecule has 1 aromatic carbocycles. The van der Waals surface area contributed by atoms with Crippen LogP contribution in [0.25, 0.3) is 10.4 Å². The molecule has 4 rings (SSSR count). The number of piperidine rings is 1. The number of fused-ring (bicyclic) bond motifs is 3. The largest absolute Gasteiger partial charge is 0.338 e. The van der Waals surface area contributed by atoms with E-state index in [0.717, 1.165) is 42.5 Å². The predicted octanol–water partition coefficient (Wildman–Crippen LogP) is 4.89. The molecule has 1 aromatic heterocycles. The van der Waals surface area contributed by atoms with Crippen molar-refractivity contribution >= 4 is 29.0 Å². The molecule has 2 aromatic rings. The summed E-state index contributed by atoms with van der Waals surface area (Å²) in [5, 5.41) is 0. The van der Waals surface area contributed by atoms with E-state index in [0.29, 0.717) is 0 Å². The molecule has 2 aliphatic heterocycles. The molecular formula is C18H19NOS2. The summed E-state index contributed by atoms with van der Waals surface area (Å²) >= 11 is 3.55. The molecule has 0 spiro atoms. The van der Waals surface area contributed by atoms with Gasteiger partial charge in [-0.1, -0.05) is 25.1 Å². The van der Waals surface area contributed by atoms with Gasteiger partial charge in [0.1, 0.15) is 0 Å². The highest BCUT2D eigenvalue weighted by atomic mass is 32.2. The minimum absolute atomic E-state index is 0.230. The average Bonchev–Trinajstić information content (AvgIpc) is 2.99. The smallest absolute Gasteiger partial charge is 0.263 e. The molecule has 0 N–H and O–H groups in total. The summed E-state index contributed by atoms with van der Waals surface area (Å²) in [6.45, 7) is 4.10. The Morgan fingerprint density at radius 1 is 1.23 bits per heavy atom. The molecule has 0 saturated carbocycles. The van der Waals surface area contributed by atoms with Crippen LogP contribution in [0.3, 0.4) is 0 Å². The first-order chi connectivity index (χ1) is 10.7. The molecule has 2 aliphatic rings. The molecule has 0 unspecified atom stereocenters. The van der Waals surface area contributed by atoms with Crippen molar-refractivity contribution < 1.29 is 4.79 Å². The number of nitrogens with zero attached hydrogens (tertiary/aromatic N) is 1. The quantitative estimate of drug-likeness (QED) is 0.742. The third-order valence-electron chi connectivity index (χ3n) is 4.61. The standard InChI is InChI=1S/C18H19NOS2/c1-12-6-8-19(9-7-12)18(20)16-10-13-11-21-15-5-3-2-4-14(15)17(13)22-16/h2-5,10,12H,6-9,11H2,1H3. The number of benzene rings is 1. The lowest BCUT2D eigenvalue weighted by Crippen LogP contribution is -2.37. The fourth-order valence-corrected chi connectivity index (χ4v) is 5.56. The van der Waals surface area contributed by atoms with E-state index < -0.39 is 0 Å². The van der Waals surface area contributed by atoms with Gasteiger partial charge in [0.05, 0.1) is 4.88 Å². The number of carbonyl (C=O) groups is 1. The van der Waals surface area contributed by atoms with Gasteiger partial charge in [0.25, 0.3) is 5.91 Å². The number of thioether (sulfide) groups is 1. The summed E-state index contributed by atoms with van der Waals surface area (Å²) in [5.74, 6) is 1.96. The van der Waals surface area contributed by atoms with Crippen LogP contribution in [-0.4, -0.2) is 23.9 Å². The SMILES string of the molecule is CC1CCN(C(=O)c2cc3c(s2)-c2ccccc2SC3)CC1. The third-order valence-corrected chi connectivity index (χ3v) is 6.93. The summed E-state index contributed by atoms with van der Waals surface area (Å²) in [6, 6.07) is 10.7. The highest BCUT2D eigenvalue weighted by molar-refractivity contribution is 7.98. The lowest BCUT2D eigenvalue weighted by atomic mass is 9.99. The molecule has 0 bridgehead atoms. The zero-order valence-electron chi connectivity index (χ0n) is 12.7. The second-order valence-electron chi connectivity index (χ2n) is 6.22. The molecule has 114 valence electrons. The third kappa shape index (κ3) is 2.48. The second-order valence-corrected chi connectivity index (χ2v) is 8.29. The van der Waals surface area contributed by atoms with Crippen LogP contribution in [0.4, 0.5) is 0 Å². The van der Waals surface area contributed by atoms with Gasteiger partial charge in [-0.3, -0.25) is 4.79 Å². The van der Waals surface area contributed by atoms with Crippen LogP contribution in [0.15, 0.2) is 35.2 Å². The molecule has 1 amide bonds. The Labute approximate surface area is 139 Å². The highest BCUT2D eigenvalue weighted by Gasteiger charge is 2.26. The van der Waals surface area contributed by atoms with Crippen LogP contribution in [-0.2, 0) is 5.75 Å². The van der Waals surface area contributed by atoms with Crippen molar-refractivity contribution in [2.24, 2.45) is 5.92 Å². The topological polar surface area (TPSA) is 20.3 Å². The van der Waals surface area contributed by atoms with Gasteiger partial charge in [0.2, 0.25) is 0 Å². The normalized spacial score (nSPS) is 18.0. The molecule has 1 fully saturated rings. The maximum atomic E-state index is 12.8. The number of likely N-dealkylation sites (tertiary alicyclic amines) is 1.